The van der Waals surface area contributed by atoms with Gasteiger partial charge < -0.3 is 5.32 Å². The SMILES string of the molecule is C#CCCCNc1ncnc(Cl)c1C=O. The first-order chi connectivity index (χ1) is 7.29. The van der Waals surface area contributed by atoms with Gasteiger partial charge in [-0.3, -0.25) is 4.79 Å². The summed E-state index contributed by atoms with van der Waals surface area (Å²) in [7, 11) is 0. The van der Waals surface area contributed by atoms with Crippen LogP contribution in [0.4, 0.5) is 5.82 Å². The first-order valence-corrected chi connectivity index (χ1v) is 4.80. The van der Waals surface area contributed by atoms with E-state index in [1.54, 1.807) is 0 Å². The summed E-state index contributed by atoms with van der Waals surface area (Å²) >= 11 is 5.71. The van der Waals surface area contributed by atoms with Gasteiger partial charge in [0.05, 0.1) is 5.56 Å². The predicted octanol–water partition coefficient (Wildman–Crippen LogP) is 1.77. The Balaban J connectivity index is 2.65. The molecule has 5 heteroatoms. The highest BCUT2D eigenvalue weighted by molar-refractivity contribution is 6.32. The van der Waals surface area contributed by atoms with Gasteiger partial charge in [-0.2, -0.15) is 0 Å². The van der Waals surface area contributed by atoms with E-state index in [9.17, 15) is 4.79 Å². The van der Waals surface area contributed by atoms with Crippen LogP contribution in [0.3, 0.4) is 0 Å². The minimum absolute atomic E-state index is 0.152. The van der Waals surface area contributed by atoms with E-state index in [1.807, 2.05) is 0 Å². The number of hydrogen-bond donors (Lipinski definition) is 1. The summed E-state index contributed by atoms with van der Waals surface area (Å²) in [6.45, 7) is 0.651. The van der Waals surface area contributed by atoms with Crippen molar-refractivity contribution < 1.29 is 4.79 Å². The molecule has 0 atom stereocenters. The number of rotatable bonds is 5. The number of unbranched alkanes of at least 4 members (excludes halogenated alkanes) is 1. The van der Waals surface area contributed by atoms with Crippen LogP contribution < -0.4 is 5.32 Å². The zero-order valence-electron chi connectivity index (χ0n) is 8.03. The van der Waals surface area contributed by atoms with Crippen LogP contribution in [-0.2, 0) is 0 Å². The minimum atomic E-state index is 0.152. The van der Waals surface area contributed by atoms with Crippen molar-refractivity contribution in [1.82, 2.24) is 9.97 Å². The molecule has 0 aromatic carbocycles. The molecule has 1 heterocycles. The lowest BCUT2D eigenvalue weighted by molar-refractivity contribution is 0.112. The largest absolute Gasteiger partial charge is 0.369 e. The zero-order chi connectivity index (χ0) is 11.1. The zero-order valence-corrected chi connectivity index (χ0v) is 8.79. The maximum atomic E-state index is 10.7. The van der Waals surface area contributed by atoms with Crippen molar-refractivity contribution in [3.63, 3.8) is 0 Å². The molecule has 0 saturated heterocycles. The highest BCUT2D eigenvalue weighted by Crippen LogP contribution is 2.16. The van der Waals surface area contributed by atoms with Crippen molar-refractivity contribution in [1.29, 1.82) is 0 Å². The van der Waals surface area contributed by atoms with E-state index in [0.717, 1.165) is 6.42 Å². The Kier molecular flexibility index (Phi) is 4.58. The van der Waals surface area contributed by atoms with Gasteiger partial charge in [-0.1, -0.05) is 11.6 Å². The fraction of sp³-hybridized carbons (Fsp3) is 0.300. The molecule has 0 unspecified atom stereocenters. The third kappa shape index (κ3) is 3.22. The second-order valence-corrected chi connectivity index (χ2v) is 3.14. The van der Waals surface area contributed by atoms with Crippen molar-refractivity contribution in [3.05, 3.63) is 17.0 Å². The standard InChI is InChI=1S/C10H10ClN3O/c1-2-3-4-5-12-10-8(6-15)9(11)13-7-14-10/h1,6-7H,3-5H2,(H,12,13,14). The smallest absolute Gasteiger partial charge is 0.156 e. The molecular weight excluding hydrogens is 214 g/mol. The highest BCUT2D eigenvalue weighted by atomic mass is 35.5. The number of carbonyl (C=O) groups is 1. The molecule has 0 radical (unpaired) electrons. The summed E-state index contributed by atoms with van der Waals surface area (Å²) in [6.07, 6.45) is 8.54. The van der Waals surface area contributed by atoms with E-state index in [2.05, 4.69) is 21.2 Å². The summed E-state index contributed by atoms with van der Waals surface area (Å²) in [5.74, 6) is 2.97. The lowest BCUT2D eigenvalue weighted by Crippen LogP contribution is -2.06. The Morgan fingerprint density at radius 1 is 1.60 bits per heavy atom. The summed E-state index contributed by atoms with van der Waals surface area (Å²) in [6, 6.07) is 0. The van der Waals surface area contributed by atoms with Crippen LogP contribution in [0.15, 0.2) is 6.33 Å². The van der Waals surface area contributed by atoms with Crippen molar-refractivity contribution in [2.45, 2.75) is 12.8 Å². The third-order valence-corrected chi connectivity index (χ3v) is 2.04. The average molecular weight is 224 g/mol. The van der Waals surface area contributed by atoms with Crippen molar-refractivity contribution in [3.8, 4) is 12.3 Å². The number of anilines is 1. The molecule has 0 aliphatic carbocycles. The summed E-state index contributed by atoms with van der Waals surface area (Å²) < 4.78 is 0. The number of nitrogens with one attached hydrogen (secondary N) is 1. The van der Waals surface area contributed by atoms with Crippen molar-refractivity contribution >= 4 is 23.7 Å². The number of carbonyl (C=O) groups excluding carboxylic acids is 1. The fourth-order valence-electron chi connectivity index (χ4n) is 1.02. The molecule has 15 heavy (non-hydrogen) atoms. The number of aromatic nitrogens is 2. The van der Waals surface area contributed by atoms with Crippen LogP contribution >= 0.6 is 11.6 Å². The van der Waals surface area contributed by atoms with E-state index in [4.69, 9.17) is 18.0 Å². The lowest BCUT2D eigenvalue weighted by atomic mass is 10.3. The van der Waals surface area contributed by atoms with Gasteiger partial charge in [0.25, 0.3) is 0 Å². The number of nitrogens with zero attached hydrogens (tertiary/aromatic N) is 2. The number of hydrogen-bond acceptors (Lipinski definition) is 4. The predicted molar refractivity (Wildman–Crippen MR) is 59.0 cm³/mol. The van der Waals surface area contributed by atoms with Crippen molar-refractivity contribution in [2.24, 2.45) is 0 Å². The van der Waals surface area contributed by atoms with E-state index in [0.29, 0.717) is 25.1 Å². The van der Waals surface area contributed by atoms with Crippen LogP contribution in [0.5, 0.6) is 0 Å². The molecule has 0 fully saturated rings. The molecular formula is C10H10ClN3O. The summed E-state index contributed by atoms with van der Waals surface area (Å²) in [5.41, 5.74) is 0.278. The molecule has 0 aliphatic heterocycles. The monoisotopic (exact) mass is 223 g/mol. The van der Waals surface area contributed by atoms with Gasteiger partial charge in [0.15, 0.2) is 6.29 Å². The molecule has 1 aromatic rings. The summed E-state index contributed by atoms with van der Waals surface area (Å²) in [4.78, 5) is 18.3. The van der Waals surface area contributed by atoms with Crippen LogP contribution in [0.2, 0.25) is 5.15 Å². The van der Waals surface area contributed by atoms with Gasteiger partial charge in [0, 0.05) is 13.0 Å². The highest BCUT2D eigenvalue weighted by Gasteiger charge is 2.07. The van der Waals surface area contributed by atoms with E-state index < -0.39 is 0 Å². The van der Waals surface area contributed by atoms with Gasteiger partial charge in [0.1, 0.15) is 17.3 Å². The van der Waals surface area contributed by atoms with Gasteiger partial charge in [-0.15, -0.1) is 12.3 Å². The maximum Gasteiger partial charge on any atom is 0.156 e. The van der Waals surface area contributed by atoms with Crippen LogP contribution in [0.25, 0.3) is 0 Å². The second kappa shape index (κ2) is 5.99. The van der Waals surface area contributed by atoms with E-state index in [-0.39, 0.29) is 10.7 Å². The fourth-order valence-corrected chi connectivity index (χ4v) is 1.19. The Morgan fingerprint density at radius 2 is 2.40 bits per heavy atom. The number of aldehydes is 1. The quantitative estimate of drug-likeness (QED) is 0.358. The molecule has 0 amide bonds. The molecule has 0 bridgehead atoms. The maximum absolute atomic E-state index is 10.7. The van der Waals surface area contributed by atoms with Gasteiger partial charge in [0.2, 0.25) is 0 Å². The topological polar surface area (TPSA) is 54.9 Å². The molecule has 1 aromatic heterocycles. The third-order valence-electron chi connectivity index (χ3n) is 1.74. The van der Waals surface area contributed by atoms with Gasteiger partial charge >= 0.3 is 0 Å². The molecule has 1 rings (SSSR count). The van der Waals surface area contributed by atoms with E-state index in [1.165, 1.54) is 6.33 Å². The Hall–Kier alpha value is -1.60. The minimum Gasteiger partial charge on any atom is -0.369 e. The molecule has 0 aliphatic rings. The lowest BCUT2D eigenvalue weighted by Gasteiger charge is -2.06. The normalized spacial score (nSPS) is 9.33. The Bertz CT molecular complexity index is 387. The Morgan fingerprint density at radius 3 is 3.07 bits per heavy atom. The van der Waals surface area contributed by atoms with Gasteiger partial charge in [-0.05, 0) is 6.42 Å². The average Bonchev–Trinajstić information content (AvgIpc) is 2.24. The van der Waals surface area contributed by atoms with Crippen LogP contribution in [-0.4, -0.2) is 22.8 Å². The van der Waals surface area contributed by atoms with Crippen molar-refractivity contribution in [2.75, 3.05) is 11.9 Å². The van der Waals surface area contributed by atoms with E-state index >= 15 is 0 Å². The number of halogens is 1. The molecule has 0 saturated carbocycles. The first-order valence-electron chi connectivity index (χ1n) is 4.42. The molecule has 4 nitrogen and oxygen atoms in total. The van der Waals surface area contributed by atoms with Gasteiger partial charge in [-0.25, -0.2) is 9.97 Å². The summed E-state index contributed by atoms with van der Waals surface area (Å²) in [5, 5.41) is 3.13. The van der Waals surface area contributed by atoms with Crippen LogP contribution in [0, 0.1) is 12.3 Å². The second-order valence-electron chi connectivity index (χ2n) is 2.78. The molecule has 1 N–H and O–H groups in total. The first kappa shape index (κ1) is 11.5. The number of terminal acetylenes is 1. The molecule has 0 spiro atoms. The van der Waals surface area contributed by atoms with Crippen LogP contribution in [0.1, 0.15) is 23.2 Å². The molecule has 78 valence electrons. The Labute approximate surface area is 93.1 Å².